The number of alkyl carbamates (subject to hydrolysis) is 1. The fourth-order valence-electron chi connectivity index (χ4n) is 0.462. The molecule has 0 unspecified atom stereocenters. The molecule has 0 rings (SSSR count). The lowest BCUT2D eigenvalue weighted by atomic mass is 10.2. The monoisotopic (exact) mass is 176 g/mol. The lowest BCUT2D eigenvalue weighted by Crippen LogP contribution is -2.35. The summed E-state index contributed by atoms with van der Waals surface area (Å²) >= 11 is 0. The van der Waals surface area contributed by atoms with Crippen LogP contribution in [0.5, 0.6) is 0 Å². The Morgan fingerprint density at radius 3 is 2.25 bits per heavy atom. The van der Waals surface area contributed by atoms with Gasteiger partial charge in [0.1, 0.15) is 12.1 Å². The fraction of sp³-hybridized carbons (Fsp3) is 0.714. The van der Waals surface area contributed by atoms with Gasteiger partial charge in [-0.2, -0.15) is 0 Å². The summed E-state index contributed by atoms with van der Waals surface area (Å²) in [5.74, 6) is -1.10. The van der Waals surface area contributed by atoms with Crippen molar-refractivity contribution in [2.24, 2.45) is 0 Å². The third kappa shape index (κ3) is 6.85. The molecule has 0 saturated heterocycles. The Morgan fingerprint density at radius 2 is 1.92 bits per heavy atom. The maximum Gasteiger partial charge on any atom is 0.408 e. The Balaban J connectivity index is 3.68. The van der Waals surface area contributed by atoms with Gasteiger partial charge < -0.3 is 15.2 Å². The Labute approximate surface area is 70.7 Å². The average molecular weight is 176 g/mol. The minimum absolute atomic E-state index is 0.422. The van der Waals surface area contributed by atoms with Crippen LogP contribution in [0.2, 0.25) is 0 Å². The van der Waals surface area contributed by atoms with E-state index in [1.54, 1.807) is 20.8 Å². The molecule has 0 aliphatic rings. The van der Waals surface area contributed by atoms with Crippen LogP contribution < -0.4 is 5.32 Å². The van der Waals surface area contributed by atoms with Crippen LogP contribution in [0.15, 0.2) is 0 Å². The van der Waals surface area contributed by atoms with Crippen LogP contribution in [0.4, 0.5) is 4.79 Å². The number of carboxylic acid groups (broad SMARTS) is 1. The first-order chi connectivity index (χ1) is 5.31. The molecule has 0 heterocycles. The number of hydrogen-bond acceptors (Lipinski definition) is 3. The van der Waals surface area contributed by atoms with Crippen molar-refractivity contribution >= 4 is 12.1 Å². The summed E-state index contributed by atoms with van der Waals surface area (Å²) < 4.78 is 4.77. The van der Waals surface area contributed by atoms with Gasteiger partial charge in [-0.25, -0.2) is 4.79 Å². The smallest absolute Gasteiger partial charge is 0.408 e. The van der Waals surface area contributed by atoms with Gasteiger partial charge in [0.15, 0.2) is 0 Å². The van der Waals surface area contributed by atoms with Crippen LogP contribution in [-0.4, -0.2) is 29.3 Å². The predicted octanol–water partition coefficient (Wildman–Crippen LogP) is 0.596. The van der Waals surface area contributed by atoms with E-state index in [1.807, 2.05) is 0 Å². The van der Waals surface area contributed by atoms with Crippen molar-refractivity contribution in [3.05, 3.63) is 0 Å². The number of carbonyl (C=O) groups excluding carboxylic acids is 1. The number of rotatable bonds is 2. The molecule has 0 bridgehead atoms. The van der Waals surface area contributed by atoms with Gasteiger partial charge in [-0.3, -0.25) is 4.79 Å². The molecule has 0 aromatic carbocycles. The van der Waals surface area contributed by atoms with Crippen LogP contribution in [0.1, 0.15) is 20.8 Å². The topological polar surface area (TPSA) is 75.6 Å². The molecule has 0 spiro atoms. The third-order valence-electron chi connectivity index (χ3n) is 0.783. The van der Waals surface area contributed by atoms with Crippen molar-refractivity contribution in [3.8, 4) is 0 Å². The molecule has 0 aromatic rings. The van der Waals surface area contributed by atoms with Gasteiger partial charge in [0.05, 0.1) is 0 Å². The van der Waals surface area contributed by atoms with Crippen molar-refractivity contribution < 1.29 is 19.4 Å². The quantitative estimate of drug-likeness (QED) is 0.604. The Bertz CT molecular complexity index is 182. The van der Waals surface area contributed by atoms with Gasteiger partial charge in [-0.05, 0) is 20.8 Å². The molecule has 0 radical (unpaired) electrons. The summed E-state index contributed by atoms with van der Waals surface area (Å²) in [6, 6.07) is 0. The Hall–Kier alpha value is -1.26. The highest BCUT2D eigenvalue weighted by atomic mass is 16.6. The molecule has 1 amide bonds. The number of nitrogens with one attached hydrogen (secondary N) is 1. The standard InChI is InChI=1S/C7H13NO4/c1-7(2,3)12-6(11)8-4-5(9)10/h4H2,1-3H3,(H,8,11)(H,9,10)/i8+1. The first-order valence-corrected chi connectivity index (χ1v) is 3.50. The number of carboxylic acids is 1. The number of hydrogen-bond donors (Lipinski definition) is 2. The number of aliphatic carboxylic acids is 1. The van der Waals surface area contributed by atoms with E-state index in [1.165, 1.54) is 0 Å². The van der Waals surface area contributed by atoms with Crippen molar-refractivity contribution in [3.63, 3.8) is 0 Å². The Kier molecular flexibility index (Phi) is 3.53. The SMILES string of the molecule is CC(C)(C)OC(=O)[15NH]CC(=O)O. The Morgan fingerprint density at radius 1 is 1.42 bits per heavy atom. The largest absolute Gasteiger partial charge is 0.480 e. The van der Waals surface area contributed by atoms with E-state index in [0.29, 0.717) is 0 Å². The van der Waals surface area contributed by atoms with Crippen LogP contribution in [-0.2, 0) is 9.53 Å². The third-order valence-corrected chi connectivity index (χ3v) is 0.783. The molecule has 0 atom stereocenters. The summed E-state index contributed by atoms with van der Waals surface area (Å²) in [7, 11) is 0. The number of carbonyl (C=O) groups is 2. The molecule has 2 N–H and O–H groups in total. The summed E-state index contributed by atoms with van der Waals surface area (Å²) in [6.45, 7) is 4.68. The highest BCUT2D eigenvalue weighted by Crippen LogP contribution is 2.05. The first-order valence-electron chi connectivity index (χ1n) is 3.50. The second-order valence-corrected chi connectivity index (χ2v) is 3.25. The minimum Gasteiger partial charge on any atom is -0.480 e. The molecule has 5 heteroatoms. The van der Waals surface area contributed by atoms with Crippen molar-refractivity contribution in [2.75, 3.05) is 6.54 Å². The minimum atomic E-state index is -1.10. The number of amides is 1. The molecule has 0 aromatic heterocycles. The van der Waals surface area contributed by atoms with Gasteiger partial charge in [0.25, 0.3) is 0 Å². The molecule has 0 aliphatic heterocycles. The van der Waals surface area contributed by atoms with Crippen molar-refractivity contribution in [2.45, 2.75) is 26.4 Å². The lowest BCUT2D eigenvalue weighted by Gasteiger charge is -2.19. The highest BCUT2D eigenvalue weighted by Gasteiger charge is 2.15. The summed E-state index contributed by atoms with van der Waals surface area (Å²) in [4.78, 5) is 20.8. The molecule has 70 valence electrons. The normalized spacial score (nSPS) is 10.6. The summed E-state index contributed by atoms with van der Waals surface area (Å²) in [5.41, 5.74) is -0.595. The maximum atomic E-state index is 10.8. The number of ether oxygens (including phenoxy) is 1. The molecular weight excluding hydrogens is 163 g/mol. The van der Waals surface area contributed by atoms with E-state index >= 15 is 0 Å². The van der Waals surface area contributed by atoms with E-state index in [4.69, 9.17) is 9.84 Å². The second kappa shape index (κ2) is 3.94. The molecule has 0 saturated carbocycles. The summed E-state index contributed by atoms with van der Waals surface area (Å²) in [5, 5.41) is 10.3. The van der Waals surface area contributed by atoms with Gasteiger partial charge in [-0.1, -0.05) is 0 Å². The fourth-order valence-corrected chi connectivity index (χ4v) is 0.462. The van der Waals surface area contributed by atoms with E-state index in [-0.39, 0.29) is 0 Å². The zero-order valence-electron chi connectivity index (χ0n) is 7.38. The highest BCUT2D eigenvalue weighted by molar-refractivity contribution is 5.76. The van der Waals surface area contributed by atoms with E-state index < -0.39 is 24.2 Å². The second-order valence-electron chi connectivity index (χ2n) is 3.25. The van der Waals surface area contributed by atoms with Gasteiger partial charge >= 0.3 is 12.1 Å². The van der Waals surface area contributed by atoms with Gasteiger partial charge in [-0.15, -0.1) is 0 Å². The zero-order chi connectivity index (χ0) is 9.78. The van der Waals surface area contributed by atoms with Crippen molar-refractivity contribution in [1.29, 1.82) is 0 Å². The van der Waals surface area contributed by atoms with Crippen LogP contribution in [0.3, 0.4) is 0 Å². The molecule has 5 nitrogen and oxygen atoms in total. The van der Waals surface area contributed by atoms with Gasteiger partial charge in [0, 0.05) is 0 Å². The van der Waals surface area contributed by atoms with E-state index in [0.717, 1.165) is 0 Å². The summed E-state index contributed by atoms with van der Waals surface area (Å²) in [6.07, 6.45) is -0.718. The van der Waals surface area contributed by atoms with Crippen molar-refractivity contribution in [1.82, 2.24) is 5.32 Å². The first kappa shape index (κ1) is 10.7. The van der Waals surface area contributed by atoms with E-state index in [9.17, 15) is 9.59 Å². The zero-order valence-corrected chi connectivity index (χ0v) is 7.38. The predicted molar refractivity (Wildman–Crippen MR) is 41.9 cm³/mol. The van der Waals surface area contributed by atoms with Crippen LogP contribution in [0.25, 0.3) is 0 Å². The van der Waals surface area contributed by atoms with E-state index in [2.05, 4.69) is 5.32 Å². The molecule has 0 aliphatic carbocycles. The average Bonchev–Trinajstić information content (AvgIpc) is 1.79. The lowest BCUT2D eigenvalue weighted by molar-refractivity contribution is -0.136. The van der Waals surface area contributed by atoms with Crippen LogP contribution in [0, 0.1) is 0 Å². The maximum absolute atomic E-state index is 10.8. The van der Waals surface area contributed by atoms with Gasteiger partial charge in [0.2, 0.25) is 0 Å². The molecular formula is C7H13NO4. The molecule has 0 fully saturated rings. The van der Waals surface area contributed by atoms with Crippen LogP contribution >= 0.6 is 0 Å². The molecule has 12 heavy (non-hydrogen) atoms.